The Morgan fingerprint density at radius 3 is 3.00 bits per heavy atom. The molecular weight excluding hydrogens is 147 g/mol. The Morgan fingerprint density at radius 2 is 2.55 bits per heavy atom. The Kier molecular flexibility index (Phi) is 2.82. The second-order valence-electron chi connectivity index (χ2n) is 2.76. The van der Waals surface area contributed by atoms with Gasteiger partial charge in [0.1, 0.15) is 6.17 Å². The van der Waals surface area contributed by atoms with Gasteiger partial charge in [-0.15, -0.1) is 0 Å². The fourth-order valence-corrected chi connectivity index (χ4v) is 1.21. The zero-order chi connectivity index (χ0) is 8.27. The lowest BCUT2D eigenvalue weighted by Crippen LogP contribution is -2.35. The smallest absolute Gasteiger partial charge is 0.236 e. The van der Waals surface area contributed by atoms with Gasteiger partial charge in [0.2, 0.25) is 5.91 Å². The minimum absolute atomic E-state index is 0.00681. The van der Waals surface area contributed by atoms with Crippen molar-refractivity contribution in [3.05, 3.63) is 0 Å². The molecule has 1 rings (SSSR count). The van der Waals surface area contributed by atoms with Crippen LogP contribution in [0.25, 0.3) is 0 Å². The average molecular weight is 160 g/mol. The van der Waals surface area contributed by atoms with Crippen molar-refractivity contribution in [1.29, 1.82) is 0 Å². The van der Waals surface area contributed by atoms with Crippen LogP contribution in [0.1, 0.15) is 6.42 Å². The SMILES string of the molecule is CNCC(=O)N1CCC(F)C1. The van der Waals surface area contributed by atoms with Gasteiger partial charge in [-0.3, -0.25) is 4.79 Å². The molecule has 1 amide bonds. The highest BCUT2D eigenvalue weighted by atomic mass is 19.1. The van der Waals surface area contributed by atoms with Crippen LogP contribution in [0.15, 0.2) is 0 Å². The lowest BCUT2D eigenvalue weighted by Gasteiger charge is -2.14. The summed E-state index contributed by atoms with van der Waals surface area (Å²) in [6.45, 7) is 1.16. The number of halogens is 1. The molecule has 1 atom stereocenters. The number of rotatable bonds is 2. The number of carbonyl (C=O) groups is 1. The van der Waals surface area contributed by atoms with E-state index in [9.17, 15) is 9.18 Å². The first kappa shape index (κ1) is 8.46. The number of likely N-dealkylation sites (tertiary alicyclic amines) is 1. The standard InChI is InChI=1S/C7H13FN2O/c1-9-4-7(11)10-3-2-6(8)5-10/h6,9H,2-5H2,1H3. The minimum atomic E-state index is -0.809. The summed E-state index contributed by atoms with van der Waals surface area (Å²) in [5.41, 5.74) is 0. The largest absolute Gasteiger partial charge is 0.339 e. The molecule has 0 aromatic rings. The van der Waals surface area contributed by atoms with Crippen LogP contribution in [0.4, 0.5) is 4.39 Å². The lowest BCUT2D eigenvalue weighted by molar-refractivity contribution is -0.129. The molecule has 3 nitrogen and oxygen atoms in total. The van der Waals surface area contributed by atoms with Gasteiger partial charge in [0.15, 0.2) is 0 Å². The van der Waals surface area contributed by atoms with Crippen molar-refractivity contribution in [2.24, 2.45) is 0 Å². The number of carbonyl (C=O) groups excluding carboxylic acids is 1. The quantitative estimate of drug-likeness (QED) is 0.605. The van der Waals surface area contributed by atoms with Crippen molar-refractivity contribution >= 4 is 5.91 Å². The number of nitrogens with one attached hydrogen (secondary N) is 1. The maximum Gasteiger partial charge on any atom is 0.236 e. The predicted octanol–water partition coefficient (Wildman–Crippen LogP) is -0.224. The van der Waals surface area contributed by atoms with Crippen molar-refractivity contribution in [3.8, 4) is 0 Å². The maximum atomic E-state index is 12.6. The summed E-state index contributed by atoms with van der Waals surface area (Å²) in [7, 11) is 1.71. The molecule has 1 fully saturated rings. The summed E-state index contributed by atoms with van der Waals surface area (Å²) in [6.07, 6.45) is -0.314. The van der Waals surface area contributed by atoms with Gasteiger partial charge in [-0.1, -0.05) is 0 Å². The van der Waals surface area contributed by atoms with Crippen LogP contribution in [0.2, 0.25) is 0 Å². The van der Waals surface area contributed by atoms with Gasteiger partial charge in [0, 0.05) is 6.54 Å². The second-order valence-corrected chi connectivity index (χ2v) is 2.76. The number of alkyl halides is 1. The van der Waals surface area contributed by atoms with Gasteiger partial charge in [0.05, 0.1) is 13.1 Å². The molecule has 64 valence electrons. The van der Waals surface area contributed by atoms with Gasteiger partial charge < -0.3 is 10.2 Å². The molecule has 1 unspecified atom stereocenters. The van der Waals surface area contributed by atoms with E-state index < -0.39 is 6.17 Å². The van der Waals surface area contributed by atoms with Crippen LogP contribution < -0.4 is 5.32 Å². The van der Waals surface area contributed by atoms with Crippen LogP contribution in [0.5, 0.6) is 0 Å². The molecule has 0 radical (unpaired) electrons. The zero-order valence-corrected chi connectivity index (χ0v) is 6.64. The van der Waals surface area contributed by atoms with Gasteiger partial charge in [0.25, 0.3) is 0 Å². The van der Waals surface area contributed by atoms with Gasteiger partial charge >= 0.3 is 0 Å². The fourth-order valence-electron chi connectivity index (χ4n) is 1.21. The highest BCUT2D eigenvalue weighted by molar-refractivity contribution is 5.78. The first-order valence-corrected chi connectivity index (χ1v) is 3.80. The topological polar surface area (TPSA) is 32.3 Å². The Hall–Kier alpha value is -0.640. The Bertz CT molecular complexity index is 151. The van der Waals surface area contributed by atoms with Gasteiger partial charge in [-0.25, -0.2) is 4.39 Å². The monoisotopic (exact) mass is 160 g/mol. The summed E-state index contributed by atoms with van der Waals surface area (Å²) in [4.78, 5) is 12.6. The van der Waals surface area contributed by atoms with E-state index in [1.165, 1.54) is 0 Å². The molecule has 0 saturated carbocycles. The average Bonchev–Trinajstić information content (AvgIpc) is 2.36. The third-order valence-electron chi connectivity index (χ3n) is 1.81. The minimum Gasteiger partial charge on any atom is -0.339 e. The molecule has 0 bridgehead atoms. The number of hydrogen-bond acceptors (Lipinski definition) is 2. The third kappa shape index (κ3) is 2.15. The summed E-state index contributed by atoms with van der Waals surface area (Å²) in [5.74, 6) is -0.00681. The van der Waals surface area contributed by atoms with Gasteiger partial charge in [-0.05, 0) is 13.5 Å². The summed E-state index contributed by atoms with van der Waals surface area (Å²) in [5, 5.41) is 2.75. The van der Waals surface area contributed by atoms with E-state index in [2.05, 4.69) is 5.32 Å². The molecule has 1 saturated heterocycles. The summed E-state index contributed by atoms with van der Waals surface area (Å²) in [6, 6.07) is 0. The maximum absolute atomic E-state index is 12.6. The Morgan fingerprint density at radius 1 is 1.82 bits per heavy atom. The van der Waals surface area contributed by atoms with Crippen molar-refractivity contribution in [1.82, 2.24) is 10.2 Å². The number of hydrogen-bond donors (Lipinski definition) is 1. The van der Waals surface area contributed by atoms with Crippen LogP contribution >= 0.6 is 0 Å². The van der Waals surface area contributed by atoms with E-state index in [1.54, 1.807) is 11.9 Å². The fraction of sp³-hybridized carbons (Fsp3) is 0.857. The Labute approximate surface area is 65.6 Å². The van der Waals surface area contributed by atoms with Crippen molar-refractivity contribution in [3.63, 3.8) is 0 Å². The predicted molar refractivity (Wildman–Crippen MR) is 40.0 cm³/mol. The number of nitrogens with zero attached hydrogens (tertiary/aromatic N) is 1. The third-order valence-corrected chi connectivity index (χ3v) is 1.81. The summed E-state index contributed by atoms with van der Waals surface area (Å²) >= 11 is 0. The molecule has 11 heavy (non-hydrogen) atoms. The summed E-state index contributed by atoms with van der Waals surface area (Å²) < 4.78 is 12.6. The van der Waals surface area contributed by atoms with E-state index >= 15 is 0 Å². The molecule has 0 aliphatic carbocycles. The van der Waals surface area contributed by atoms with Crippen LogP contribution in [-0.4, -0.2) is 43.7 Å². The van der Waals surface area contributed by atoms with E-state index in [0.717, 1.165) is 0 Å². The van der Waals surface area contributed by atoms with E-state index in [-0.39, 0.29) is 12.5 Å². The molecule has 1 heterocycles. The molecule has 0 aromatic carbocycles. The molecular formula is C7H13FN2O. The van der Waals surface area contributed by atoms with E-state index in [0.29, 0.717) is 19.5 Å². The Balaban J connectivity index is 2.31. The zero-order valence-electron chi connectivity index (χ0n) is 6.64. The van der Waals surface area contributed by atoms with Crippen molar-refractivity contribution < 1.29 is 9.18 Å². The van der Waals surface area contributed by atoms with Crippen LogP contribution in [0.3, 0.4) is 0 Å². The van der Waals surface area contributed by atoms with Gasteiger partial charge in [-0.2, -0.15) is 0 Å². The number of amides is 1. The first-order chi connectivity index (χ1) is 5.24. The number of likely N-dealkylation sites (N-methyl/N-ethyl adjacent to an activating group) is 1. The first-order valence-electron chi connectivity index (χ1n) is 3.80. The second kappa shape index (κ2) is 3.67. The molecule has 1 N–H and O–H groups in total. The normalized spacial score (nSPS) is 24.2. The van der Waals surface area contributed by atoms with Crippen LogP contribution in [0, 0.1) is 0 Å². The molecule has 1 aliphatic heterocycles. The molecule has 0 aromatic heterocycles. The lowest BCUT2D eigenvalue weighted by atomic mass is 10.3. The molecule has 4 heteroatoms. The van der Waals surface area contributed by atoms with Crippen molar-refractivity contribution in [2.45, 2.75) is 12.6 Å². The van der Waals surface area contributed by atoms with Crippen molar-refractivity contribution in [2.75, 3.05) is 26.7 Å². The van der Waals surface area contributed by atoms with E-state index in [1.807, 2.05) is 0 Å². The van der Waals surface area contributed by atoms with Crippen LogP contribution in [-0.2, 0) is 4.79 Å². The highest BCUT2D eigenvalue weighted by Crippen LogP contribution is 2.11. The van der Waals surface area contributed by atoms with E-state index in [4.69, 9.17) is 0 Å². The molecule has 0 spiro atoms. The highest BCUT2D eigenvalue weighted by Gasteiger charge is 2.24. The molecule has 1 aliphatic rings.